The van der Waals surface area contributed by atoms with Crippen LogP contribution in [0.25, 0.3) is 0 Å². The normalized spacial score (nSPS) is 10.0. The Balaban J connectivity index is 1.81. The van der Waals surface area contributed by atoms with E-state index in [1.807, 2.05) is 30.3 Å². The topological polar surface area (TPSA) is 43.4 Å². The Morgan fingerprint density at radius 3 is 2.56 bits per heavy atom. The number of carbonyl (C=O) groups excluding carboxylic acids is 2. The molecule has 1 aromatic carbocycles. The average molecular weight is 260 g/mol. The molecule has 2 rings (SSSR count). The lowest BCUT2D eigenvalue weighted by Crippen LogP contribution is -2.18. The summed E-state index contributed by atoms with van der Waals surface area (Å²) in [6.45, 7) is 0.221. The molecule has 1 heterocycles. The largest absolute Gasteiger partial charge is 0.459 e. The Labute approximate surface area is 109 Å². The van der Waals surface area contributed by atoms with Crippen molar-refractivity contribution in [2.24, 2.45) is 0 Å². The summed E-state index contributed by atoms with van der Waals surface area (Å²) in [5.41, 5.74) is 1.47. The van der Waals surface area contributed by atoms with E-state index in [4.69, 9.17) is 4.74 Å². The van der Waals surface area contributed by atoms with E-state index < -0.39 is 11.8 Å². The van der Waals surface area contributed by atoms with Crippen LogP contribution in [0.4, 0.5) is 0 Å². The van der Waals surface area contributed by atoms with Crippen molar-refractivity contribution in [3.05, 3.63) is 58.3 Å². The number of Topliss-reactive ketones (excluding diaryl/α,β-unsaturated/α-hetero) is 1. The van der Waals surface area contributed by atoms with Gasteiger partial charge >= 0.3 is 5.97 Å². The van der Waals surface area contributed by atoms with Gasteiger partial charge in [-0.05, 0) is 17.0 Å². The van der Waals surface area contributed by atoms with Crippen molar-refractivity contribution in [2.75, 3.05) is 6.61 Å². The van der Waals surface area contributed by atoms with Crippen LogP contribution in [0, 0.1) is 0 Å². The molecular formula is C14H12O3S. The van der Waals surface area contributed by atoms with Gasteiger partial charge in [0.15, 0.2) is 0 Å². The standard InChI is InChI=1S/C14H12O3S/c15-13(12-7-9-18-10-12)14(16)17-8-6-11-4-2-1-3-5-11/h1-5,7,9-10H,6,8H2. The van der Waals surface area contributed by atoms with Crippen LogP contribution in [-0.2, 0) is 16.0 Å². The molecule has 0 bridgehead atoms. The summed E-state index contributed by atoms with van der Waals surface area (Å²) in [5, 5.41) is 3.39. The van der Waals surface area contributed by atoms with Crippen molar-refractivity contribution in [3.8, 4) is 0 Å². The summed E-state index contributed by atoms with van der Waals surface area (Å²) in [6.07, 6.45) is 0.615. The smallest absolute Gasteiger partial charge is 0.379 e. The maximum Gasteiger partial charge on any atom is 0.379 e. The number of rotatable bonds is 5. The number of ketones is 1. The van der Waals surface area contributed by atoms with E-state index in [1.54, 1.807) is 16.8 Å². The molecule has 0 saturated heterocycles. The first-order valence-corrected chi connectivity index (χ1v) is 6.49. The van der Waals surface area contributed by atoms with Crippen LogP contribution in [0.5, 0.6) is 0 Å². The maximum absolute atomic E-state index is 11.6. The third-order valence-electron chi connectivity index (χ3n) is 2.44. The summed E-state index contributed by atoms with van der Waals surface area (Å²) in [7, 11) is 0. The number of thiophene rings is 1. The number of hydrogen-bond acceptors (Lipinski definition) is 4. The van der Waals surface area contributed by atoms with Gasteiger partial charge < -0.3 is 4.74 Å². The van der Waals surface area contributed by atoms with Crippen LogP contribution in [0.1, 0.15) is 15.9 Å². The predicted molar refractivity (Wildman–Crippen MR) is 69.8 cm³/mol. The second-order valence-corrected chi connectivity index (χ2v) is 4.49. The van der Waals surface area contributed by atoms with Gasteiger partial charge in [-0.25, -0.2) is 4.79 Å². The molecule has 0 aliphatic heterocycles. The first-order chi connectivity index (χ1) is 8.77. The first kappa shape index (κ1) is 12.5. The molecule has 0 saturated carbocycles. The summed E-state index contributed by atoms with van der Waals surface area (Å²) >= 11 is 1.38. The highest BCUT2D eigenvalue weighted by Gasteiger charge is 2.17. The number of ether oxygens (including phenoxy) is 1. The Morgan fingerprint density at radius 1 is 1.11 bits per heavy atom. The molecule has 3 nitrogen and oxygen atoms in total. The summed E-state index contributed by atoms with van der Waals surface area (Å²) in [5.74, 6) is -1.37. The molecule has 0 radical (unpaired) electrons. The molecule has 0 aliphatic carbocycles. The minimum atomic E-state index is -0.788. The molecule has 0 atom stereocenters. The van der Waals surface area contributed by atoms with Gasteiger partial charge in [-0.2, -0.15) is 11.3 Å². The van der Waals surface area contributed by atoms with Crippen molar-refractivity contribution in [1.82, 2.24) is 0 Å². The Morgan fingerprint density at radius 2 is 1.89 bits per heavy atom. The third kappa shape index (κ3) is 3.28. The fourth-order valence-electron chi connectivity index (χ4n) is 1.48. The molecule has 0 N–H and O–H groups in total. The molecule has 18 heavy (non-hydrogen) atoms. The molecule has 0 fully saturated rings. The summed E-state index contributed by atoms with van der Waals surface area (Å²) in [6, 6.07) is 11.3. The van der Waals surface area contributed by atoms with Gasteiger partial charge in [0, 0.05) is 17.4 Å². The Hall–Kier alpha value is -1.94. The van der Waals surface area contributed by atoms with E-state index in [2.05, 4.69) is 0 Å². The van der Waals surface area contributed by atoms with E-state index in [-0.39, 0.29) is 6.61 Å². The van der Waals surface area contributed by atoms with Crippen LogP contribution in [0.3, 0.4) is 0 Å². The van der Waals surface area contributed by atoms with Gasteiger partial charge in [0.25, 0.3) is 5.78 Å². The van der Waals surface area contributed by atoms with Gasteiger partial charge in [0.1, 0.15) is 0 Å². The molecular weight excluding hydrogens is 248 g/mol. The van der Waals surface area contributed by atoms with Crippen molar-refractivity contribution in [3.63, 3.8) is 0 Å². The van der Waals surface area contributed by atoms with Crippen molar-refractivity contribution in [2.45, 2.75) is 6.42 Å². The van der Waals surface area contributed by atoms with Gasteiger partial charge in [0.05, 0.1) is 6.61 Å². The van der Waals surface area contributed by atoms with Crippen LogP contribution < -0.4 is 0 Å². The van der Waals surface area contributed by atoms with Gasteiger partial charge in [0.2, 0.25) is 0 Å². The third-order valence-corrected chi connectivity index (χ3v) is 3.12. The quantitative estimate of drug-likeness (QED) is 0.471. The zero-order valence-corrected chi connectivity index (χ0v) is 10.5. The minimum absolute atomic E-state index is 0.221. The first-order valence-electron chi connectivity index (χ1n) is 5.55. The van der Waals surface area contributed by atoms with Crippen LogP contribution >= 0.6 is 11.3 Å². The van der Waals surface area contributed by atoms with Crippen molar-refractivity contribution in [1.29, 1.82) is 0 Å². The number of carbonyl (C=O) groups is 2. The van der Waals surface area contributed by atoms with E-state index in [0.29, 0.717) is 12.0 Å². The molecule has 0 amide bonds. The van der Waals surface area contributed by atoms with Gasteiger partial charge in [-0.1, -0.05) is 30.3 Å². The lowest BCUT2D eigenvalue weighted by atomic mass is 10.2. The Kier molecular flexibility index (Phi) is 4.25. The van der Waals surface area contributed by atoms with E-state index >= 15 is 0 Å². The molecule has 0 aliphatic rings. The molecule has 92 valence electrons. The zero-order chi connectivity index (χ0) is 12.8. The van der Waals surface area contributed by atoms with Crippen molar-refractivity contribution < 1.29 is 14.3 Å². The lowest BCUT2D eigenvalue weighted by molar-refractivity contribution is -0.138. The number of hydrogen-bond donors (Lipinski definition) is 0. The average Bonchev–Trinajstić information content (AvgIpc) is 2.93. The molecule has 0 unspecified atom stereocenters. The molecule has 2 aromatic rings. The zero-order valence-electron chi connectivity index (χ0n) is 9.67. The minimum Gasteiger partial charge on any atom is -0.459 e. The second-order valence-electron chi connectivity index (χ2n) is 3.71. The van der Waals surface area contributed by atoms with Crippen LogP contribution in [0.2, 0.25) is 0 Å². The SMILES string of the molecule is O=C(OCCc1ccccc1)C(=O)c1ccsc1. The highest BCUT2D eigenvalue weighted by atomic mass is 32.1. The fourth-order valence-corrected chi connectivity index (χ4v) is 2.12. The predicted octanol–water partition coefficient (Wildman–Crippen LogP) is 2.72. The van der Waals surface area contributed by atoms with Crippen LogP contribution in [0.15, 0.2) is 47.2 Å². The molecule has 0 spiro atoms. The van der Waals surface area contributed by atoms with Gasteiger partial charge in [-0.3, -0.25) is 4.79 Å². The summed E-state index contributed by atoms with van der Waals surface area (Å²) in [4.78, 5) is 23.0. The molecule has 1 aromatic heterocycles. The van der Waals surface area contributed by atoms with E-state index in [9.17, 15) is 9.59 Å². The number of benzene rings is 1. The molecule has 4 heteroatoms. The van der Waals surface area contributed by atoms with E-state index in [1.165, 1.54) is 11.3 Å². The Bertz CT molecular complexity index is 517. The van der Waals surface area contributed by atoms with Crippen LogP contribution in [-0.4, -0.2) is 18.4 Å². The lowest BCUT2D eigenvalue weighted by Gasteiger charge is -2.03. The van der Waals surface area contributed by atoms with E-state index in [0.717, 1.165) is 5.56 Å². The fraction of sp³-hybridized carbons (Fsp3) is 0.143. The summed E-state index contributed by atoms with van der Waals surface area (Å²) < 4.78 is 4.95. The van der Waals surface area contributed by atoms with Crippen molar-refractivity contribution >= 4 is 23.1 Å². The highest BCUT2D eigenvalue weighted by Crippen LogP contribution is 2.08. The highest BCUT2D eigenvalue weighted by molar-refractivity contribution is 7.08. The van der Waals surface area contributed by atoms with Gasteiger partial charge in [-0.15, -0.1) is 0 Å². The maximum atomic E-state index is 11.6. The number of esters is 1. The second kappa shape index (κ2) is 6.12. The monoisotopic (exact) mass is 260 g/mol.